The molecule has 0 bridgehead atoms. The first-order valence-corrected chi connectivity index (χ1v) is 8.93. The first kappa shape index (κ1) is 15.7. The van der Waals surface area contributed by atoms with E-state index in [0.29, 0.717) is 13.1 Å². The zero-order valence-electron chi connectivity index (χ0n) is 12.4. The third-order valence-electron chi connectivity index (χ3n) is 3.18. The molecule has 118 valence electrons. The number of aromatic nitrogens is 1. The van der Waals surface area contributed by atoms with Crippen molar-refractivity contribution in [2.75, 3.05) is 0 Å². The predicted molar refractivity (Wildman–Crippen MR) is 92.3 cm³/mol. The van der Waals surface area contributed by atoms with Crippen molar-refractivity contribution >= 4 is 28.8 Å². The smallest absolute Gasteiger partial charge is 0.410 e. The minimum absolute atomic E-state index is 0.186. The lowest BCUT2D eigenvalue weighted by atomic mass is 10.3. The molecule has 6 heteroatoms. The highest BCUT2D eigenvalue weighted by atomic mass is 32.1. The Balaban J connectivity index is 1.65. The Morgan fingerprint density at radius 2 is 1.70 bits per heavy atom. The molecule has 0 radical (unpaired) electrons. The largest absolute Gasteiger partial charge is 0.443 e. The minimum Gasteiger partial charge on any atom is -0.443 e. The van der Waals surface area contributed by atoms with Gasteiger partial charge in [0.25, 0.3) is 0 Å². The van der Waals surface area contributed by atoms with Gasteiger partial charge in [-0.3, -0.25) is 9.88 Å². The van der Waals surface area contributed by atoms with Crippen LogP contribution in [0.5, 0.6) is 0 Å². The van der Waals surface area contributed by atoms with Crippen LogP contribution in [0.3, 0.4) is 0 Å². The number of nitrogens with zero attached hydrogens (tertiary/aromatic N) is 2. The van der Waals surface area contributed by atoms with Crippen molar-refractivity contribution in [2.45, 2.75) is 19.7 Å². The van der Waals surface area contributed by atoms with Crippen LogP contribution in [0, 0.1) is 0 Å². The van der Waals surface area contributed by atoms with Gasteiger partial charge in [0.1, 0.15) is 6.61 Å². The van der Waals surface area contributed by atoms with Gasteiger partial charge in [-0.1, -0.05) is 18.2 Å². The summed E-state index contributed by atoms with van der Waals surface area (Å²) >= 11 is 3.27. The first-order valence-electron chi connectivity index (χ1n) is 7.17. The summed E-state index contributed by atoms with van der Waals surface area (Å²) in [6, 6.07) is 13.6. The van der Waals surface area contributed by atoms with E-state index in [2.05, 4.69) is 4.98 Å². The highest BCUT2D eigenvalue weighted by Crippen LogP contribution is 2.18. The van der Waals surface area contributed by atoms with Gasteiger partial charge < -0.3 is 4.74 Å². The maximum Gasteiger partial charge on any atom is 0.410 e. The van der Waals surface area contributed by atoms with E-state index >= 15 is 0 Å². The molecule has 0 aliphatic carbocycles. The van der Waals surface area contributed by atoms with Crippen molar-refractivity contribution in [2.24, 2.45) is 0 Å². The van der Waals surface area contributed by atoms with E-state index in [0.717, 1.165) is 15.4 Å². The number of hydrogen-bond acceptors (Lipinski definition) is 5. The Morgan fingerprint density at radius 1 is 1.00 bits per heavy atom. The number of rotatable bonds is 6. The molecule has 0 saturated heterocycles. The first-order chi connectivity index (χ1) is 11.3. The van der Waals surface area contributed by atoms with Crippen molar-refractivity contribution in [1.82, 2.24) is 9.88 Å². The van der Waals surface area contributed by atoms with Crippen molar-refractivity contribution in [1.29, 1.82) is 0 Å². The van der Waals surface area contributed by atoms with Gasteiger partial charge in [-0.15, -0.1) is 22.7 Å². The van der Waals surface area contributed by atoms with Crippen LogP contribution in [0.15, 0.2) is 59.4 Å². The van der Waals surface area contributed by atoms with E-state index in [9.17, 15) is 4.79 Å². The monoisotopic (exact) mass is 344 g/mol. The molecule has 0 aliphatic heterocycles. The third kappa shape index (κ3) is 4.64. The topological polar surface area (TPSA) is 42.4 Å². The maximum absolute atomic E-state index is 12.5. The molecule has 0 N–H and O–H groups in total. The van der Waals surface area contributed by atoms with Gasteiger partial charge in [0.2, 0.25) is 0 Å². The van der Waals surface area contributed by atoms with Gasteiger partial charge in [-0.25, -0.2) is 4.79 Å². The van der Waals surface area contributed by atoms with Crippen LogP contribution in [0.25, 0.3) is 0 Å². The Bertz CT molecular complexity index is 676. The van der Waals surface area contributed by atoms with Crippen LogP contribution >= 0.6 is 22.7 Å². The van der Waals surface area contributed by atoms with E-state index in [-0.39, 0.29) is 12.7 Å². The van der Waals surface area contributed by atoms with Gasteiger partial charge in [0.15, 0.2) is 0 Å². The Morgan fingerprint density at radius 3 is 2.22 bits per heavy atom. The number of amides is 1. The number of carbonyl (C=O) groups is 1. The van der Waals surface area contributed by atoms with Crippen molar-refractivity contribution < 1.29 is 9.53 Å². The summed E-state index contributed by atoms with van der Waals surface area (Å²) in [4.78, 5) is 20.6. The Labute approximate surface area is 143 Å². The molecule has 0 aromatic carbocycles. The lowest BCUT2D eigenvalue weighted by Crippen LogP contribution is -2.30. The molecule has 4 nitrogen and oxygen atoms in total. The molecule has 3 heterocycles. The zero-order valence-corrected chi connectivity index (χ0v) is 14.1. The van der Waals surface area contributed by atoms with Crippen LogP contribution in [-0.2, 0) is 24.4 Å². The second-order valence-electron chi connectivity index (χ2n) is 4.89. The van der Waals surface area contributed by atoms with E-state index in [1.807, 2.05) is 53.2 Å². The number of hydrogen-bond donors (Lipinski definition) is 0. The van der Waals surface area contributed by atoms with Crippen LogP contribution < -0.4 is 0 Å². The van der Waals surface area contributed by atoms with E-state index in [1.54, 1.807) is 33.8 Å². The number of pyridine rings is 1. The molecule has 0 aliphatic rings. The minimum atomic E-state index is -0.322. The van der Waals surface area contributed by atoms with Gasteiger partial charge in [0.05, 0.1) is 18.8 Å². The molecule has 0 unspecified atom stereocenters. The molecular formula is C17H16N2O2S2. The molecule has 1 amide bonds. The average Bonchev–Trinajstić information content (AvgIpc) is 3.27. The molecular weight excluding hydrogens is 328 g/mol. The van der Waals surface area contributed by atoms with Crippen LogP contribution in [0.4, 0.5) is 4.79 Å². The maximum atomic E-state index is 12.5. The summed E-state index contributed by atoms with van der Waals surface area (Å²) in [5.41, 5.74) is 0.744. The molecule has 0 atom stereocenters. The lowest BCUT2D eigenvalue weighted by Gasteiger charge is -2.21. The quantitative estimate of drug-likeness (QED) is 0.659. The summed E-state index contributed by atoms with van der Waals surface area (Å²) in [6.45, 7) is 1.29. The summed E-state index contributed by atoms with van der Waals surface area (Å²) in [5, 5.41) is 4.02. The molecule has 23 heavy (non-hydrogen) atoms. The fraction of sp³-hybridized carbons (Fsp3) is 0.176. The normalized spacial score (nSPS) is 10.4. The molecule has 3 aromatic heterocycles. The summed E-state index contributed by atoms with van der Waals surface area (Å²) in [6.07, 6.45) is 1.37. The number of ether oxygens (including phenoxy) is 1. The van der Waals surface area contributed by atoms with Crippen LogP contribution in [0.1, 0.15) is 15.4 Å². The van der Waals surface area contributed by atoms with Crippen LogP contribution in [0.2, 0.25) is 0 Å². The van der Waals surface area contributed by atoms with Gasteiger partial charge in [0, 0.05) is 16.0 Å². The second-order valence-corrected chi connectivity index (χ2v) is 6.95. The summed E-state index contributed by atoms with van der Waals surface area (Å²) in [5.74, 6) is 0. The van der Waals surface area contributed by atoms with E-state index in [4.69, 9.17) is 4.74 Å². The lowest BCUT2D eigenvalue weighted by molar-refractivity contribution is 0.0907. The summed E-state index contributed by atoms with van der Waals surface area (Å²) < 4.78 is 5.42. The van der Waals surface area contributed by atoms with Gasteiger partial charge in [-0.2, -0.15) is 0 Å². The SMILES string of the molecule is O=C(OCc1ccccn1)N(Cc1cccs1)Cc1cccs1. The summed E-state index contributed by atoms with van der Waals surface area (Å²) in [7, 11) is 0. The number of thiophene rings is 2. The Hall–Kier alpha value is -2.18. The van der Waals surface area contributed by atoms with E-state index in [1.165, 1.54) is 0 Å². The number of carbonyl (C=O) groups excluding carboxylic acids is 1. The van der Waals surface area contributed by atoms with Crippen molar-refractivity contribution in [3.05, 3.63) is 74.9 Å². The van der Waals surface area contributed by atoms with Crippen molar-refractivity contribution in [3.63, 3.8) is 0 Å². The fourth-order valence-corrected chi connectivity index (χ4v) is 3.52. The standard InChI is InChI=1S/C17H16N2O2S2/c20-17(21-13-14-5-1-2-8-18-14)19(11-15-6-3-9-22-15)12-16-7-4-10-23-16/h1-10H,11-13H2. The van der Waals surface area contributed by atoms with E-state index < -0.39 is 0 Å². The molecule has 3 rings (SSSR count). The van der Waals surface area contributed by atoms with Crippen molar-refractivity contribution in [3.8, 4) is 0 Å². The highest BCUT2D eigenvalue weighted by molar-refractivity contribution is 7.10. The molecule has 0 fully saturated rings. The van der Waals surface area contributed by atoms with Crippen LogP contribution in [-0.4, -0.2) is 16.0 Å². The highest BCUT2D eigenvalue weighted by Gasteiger charge is 2.17. The second kappa shape index (κ2) is 7.89. The zero-order chi connectivity index (χ0) is 15.9. The third-order valence-corrected chi connectivity index (χ3v) is 4.90. The molecule has 0 saturated carbocycles. The fourth-order valence-electron chi connectivity index (χ4n) is 2.08. The molecule has 0 spiro atoms. The predicted octanol–water partition coefficient (Wildman–Crippen LogP) is 4.54. The average molecular weight is 344 g/mol. The Kier molecular flexibility index (Phi) is 5.39. The van der Waals surface area contributed by atoms with Gasteiger partial charge >= 0.3 is 6.09 Å². The van der Waals surface area contributed by atoms with Gasteiger partial charge in [-0.05, 0) is 35.0 Å². The molecule has 3 aromatic rings.